The maximum atomic E-state index is 11.3. The van der Waals surface area contributed by atoms with E-state index in [0.29, 0.717) is 16.7 Å². The zero-order valence-electron chi connectivity index (χ0n) is 19.4. The fourth-order valence-corrected chi connectivity index (χ4v) is 8.44. The van der Waals surface area contributed by atoms with E-state index in [1.165, 1.54) is 37.5 Å². The Morgan fingerprint density at radius 2 is 1.90 bits per heavy atom. The van der Waals surface area contributed by atoms with Gasteiger partial charge >= 0.3 is 10.4 Å². The fraction of sp³-hybridized carbons (Fsp3) is 0.760. The molecule has 3 aliphatic carbocycles. The van der Waals surface area contributed by atoms with Crippen molar-refractivity contribution < 1.29 is 21.6 Å². The summed E-state index contributed by atoms with van der Waals surface area (Å²) in [6, 6.07) is 2.00. The number of hydrogen-bond donors (Lipinski definition) is 1. The van der Waals surface area contributed by atoms with Gasteiger partial charge in [0.1, 0.15) is 6.26 Å². The highest BCUT2D eigenvalue weighted by Crippen LogP contribution is 2.69. The molecule has 1 aromatic rings. The Bertz CT molecular complexity index is 916. The van der Waals surface area contributed by atoms with E-state index in [9.17, 15) is 8.42 Å². The van der Waals surface area contributed by atoms with E-state index in [2.05, 4.69) is 27.7 Å². The van der Waals surface area contributed by atoms with Crippen LogP contribution in [0.15, 0.2) is 34.8 Å². The Kier molecular flexibility index (Phi) is 5.87. The van der Waals surface area contributed by atoms with Gasteiger partial charge in [0.2, 0.25) is 0 Å². The van der Waals surface area contributed by atoms with Gasteiger partial charge in [-0.1, -0.05) is 34.1 Å². The first-order valence-corrected chi connectivity index (χ1v) is 13.2. The van der Waals surface area contributed by atoms with Crippen molar-refractivity contribution in [2.45, 2.75) is 85.5 Å². The summed E-state index contributed by atoms with van der Waals surface area (Å²) < 4.78 is 41.7. The van der Waals surface area contributed by atoms with Crippen LogP contribution in [0.3, 0.4) is 0 Å². The summed E-state index contributed by atoms with van der Waals surface area (Å²) in [5.41, 5.74) is 2.98. The largest absolute Gasteiger partial charge is 0.472 e. The van der Waals surface area contributed by atoms with Gasteiger partial charge in [-0.3, -0.25) is 4.55 Å². The van der Waals surface area contributed by atoms with Crippen LogP contribution in [0.1, 0.15) is 84.6 Å². The normalized spacial score (nSPS) is 39.0. The van der Waals surface area contributed by atoms with E-state index < -0.39 is 10.4 Å². The van der Waals surface area contributed by atoms with Gasteiger partial charge in [-0.25, -0.2) is 0 Å². The van der Waals surface area contributed by atoms with Crippen LogP contribution in [-0.2, 0) is 21.0 Å². The summed E-state index contributed by atoms with van der Waals surface area (Å²) in [6.45, 7) is 9.89. The van der Waals surface area contributed by atoms with E-state index in [1.807, 2.05) is 6.07 Å². The molecule has 0 aliphatic heterocycles. The number of allylic oxidation sites excluding steroid dienone is 1. The zero-order chi connectivity index (χ0) is 22.5. The molecule has 0 saturated heterocycles. The predicted octanol–water partition coefficient (Wildman–Crippen LogP) is 6.57. The molecule has 0 radical (unpaired) electrons. The second kappa shape index (κ2) is 7.95. The Hall–Kier alpha value is -1.27. The number of fused-ring (bicyclic) bond motifs is 3. The standard InChI is InChI=1S/C25H38O5S/c1-23(2)12-5-13-25(4)21(23)10-14-24(3)20(8-6-18-11-15-29-16-18)19(7-9-22(24)25)17-30-31(26,27)28/h11,15-17,20-22H,5-10,12-14H2,1-4H3,(H,26,27,28)/b19-17+/t20-,21?,22?,24+,25-/m0/s1. The van der Waals surface area contributed by atoms with E-state index in [1.54, 1.807) is 12.5 Å². The van der Waals surface area contributed by atoms with Crippen molar-refractivity contribution in [3.63, 3.8) is 0 Å². The molecular weight excluding hydrogens is 412 g/mol. The second-order valence-corrected chi connectivity index (χ2v) is 12.5. The third-order valence-electron chi connectivity index (χ3n) is 9.43. The summed E-state index contributed by atoms with van der Waals surface area (Å²) in [5, 5.41) is 0. The highest BCUT2D eigenvalue weighted by molar-refractivity contribution is 7.81. The number of rotatable bonds is 5. The monoisotopic (exact) mass is 450 g/mol. The van der Waals surface area contributed by atoms with Gasteiger partial charge in [0.05, 0.1) is 12.5 Å². The van der Waals surface area contributed by atoms with Crippen LogP contribution in [0, 0.1) is 34.0 Å². The molecule has 3 saturated carbocycles. The Labute approximate surface area is 187 Å². The molecule has 3 aliphatic rings. The van der Waals surface area contributed by atoms with Crippen molar-refractivity contribution in [1.29, 1.82) is 0 Å². The maximum absolute atomic E-state index is 11.3. The van der Waals surface area contributed by atoms with Crippen molar-refractivity contribution in [2.75, 3.05) is 0 Å². The molecule has 0 aromatic carbocycles. The number of furan rings is 1. The maximum Gasteiger partial charge on any atom is 0.445 e. The van der Waals surface area contributed by atoms with Gasteiger partial charge in [0, 0.05) is 0 Å². The number of hydrogen-bond acceptors (Lipinski definition) is 4. The van der Waals surface area contributed by atoms with Crippen LogP contribution in [0.2, 0.25) is 0 Å². The molecule has 1 aromatic heterocycles. The Balaban J connectivity index is 1.68. The van der Waals surface area contributed by atoms with Gasteiger partial charge in [-0.05, 0) is 103 Å². The molecule has 4 rings (SSSR count). The van der Waals surface area contributed by atoms with Crippen LogP contribution in [0.4, 0.5) is 0 Å². The van der Waals surface area contributed by atoms with Crippen LogP contribution >= 0.6 is 0 Å². The predicted molar refractivity (Wildman–Crippen MR) is 121 cm³/mol. The lowest BCUT2D eigenvalue weighted by molar-refractivity contribution is -0.154. The molecule has 5 atom stereocenters. The summed E-state index contributed by atoms with van der Waals surface area (Å²) in [7, 11) is -4.49. The first-order valence-electron chi connectivity index (χ1n) is 11.8. The summed E-state index contributed by atoms with van der Waals surface area (Å²) in [4.78, 5) is 0. The summed E-state index contributed by atoms with van der Waals surface area (Å²) in [6.07, 6.45) is 14.8. The molecule has 1 heterocycles. The Morgan fingerprint density at radius 1 is 1.13 bits per heavy atom. The first kappa shape index (κ1) is 22.9. The highest BCUT2D eigenvalue weighted by atomic mass is 32.3. The molecule has 0 spiro atoms. The average molecular weight is 451 g/mol. The number of aryl methyl sites for hydroxylation is 1. The van der Waals surface area contributed by atoms with E-state index in [-0.39, 0.29) is 11.3 Å². The van der Waals surface area contributed by atoms with Crippen molar-refractivity contribution in [3.8, 4) is 0 Å². The molecule has 5 nitrogen and oxygen atoms in total. The Morgan fingerprint density at radius 3 is 2.58 bits per heavy atom. The molecule has 3 fully saturated rings. The lowest BCUT2D eigenvalue weighted by atomic mass is 9.39. The van der Waals surface area contributed by atoms with Crippen molar-refractivity contribution >= 4 is 10.4 Å². The van der Waals surface area contributed by atoms with Crippen molar-refractivity contribution in [3.05, 3.63) is 36.0 Å². The van der Waals surface area contributed by atoms with Crippen LogP contribution in [0.5, 0.6) is 0 Å². The van der Waals surface area contributed by atoms with Crippen molar-refractivity contribution in [1.82, 2.24) is 0 Å². The minimum atomic E-state index is -4.49. The van der Waals surface area contributed by atoms with Crippen LogP contribution in [0.25, 0.3) is 0 Å². The molecule has 0 amide bonds. The highest BCUT2D eigenvalue weighted by Gasteiger charge is 2.61. The van der Waals surface area contributed by atoms with Gasteiger partial charge in [-0.15, -0.1) is 0 Å². The molecule has 6 heteroatoms. The zero-order valence-corrected chi connectivity index (χ0v) is 20.2. The molecule has 0 bridgehead atoms. The van der Waals surface area contributed by atoms with Gasteiger partial charge in [0.25, 0.3) is 0 Å². The minimum absolute atomic E-state index is 0.0923. The van der Waals surface area contributed by atoms with Crippen LogP contribution < -0.4 is 0 Å². The average Bonchev–Trinajstić information content (AvgIpc) is 3.17. The fourth-order valence-electron chi connectivity index (χ4n) is 8.20. The molecule has 2 unspecified atom stereocenters. The van der Waals surface area contributed by atoms with Crippen molar-refractivity contribution in [2.24, 2.45) is 34.0 Å². The smallest absolute Gasteiger partial charge is 0.445 e. The van der Waals surface area contributed by atoms with E-state index in [4.69, 9.17) is 13.2 Å². The lowest BCUT2D eigenvalue weighted by Crippen LogP contribution is -2.58. The van der Waals surface area contributed by atoms with Gasteiger partial charge in [-0.2, -0.15) is 8.42 Å². The van der Waals surface area contributed by atoms with Gasteiger partial charge < -0.3 is 8.60 Å². The third kappa shape index (κ3) is 4.22. The minimum Gasteiger partial charge on any atom is -0.472 e. The molecular formula is C25H38O5S. The molecule has 1 N–H and O–H groups in total. The first-order chi connectivity index (χ1) is 14.5. The quantitative estimate of drug-likeness (QED) is 0.405. The van der Waals surface area contributed by atoms with Crippen LogP contribution in [-0.4, -0.2) is 13.0 Å². The SMILES string of the molecule is CC1(C)CCC[C@@]2(C)C1CC[C@@]1(C)C2CC/C(=C\OS(=O)(=O)O)[C@@H]1CCc1ccoc1. The third-order valence-corrected chi connectivity index (χ3v) is 9.77. The van der Waals surface area contributed by atoms with E-state index in [0.717, 1.165) is 43.6 Å². The second-order valence-electron chi connectivity index (χ2n) is 11.5. The lowest BCUT2D eigenvalue weighted by Gasteiger charge is -2.66. The topological polar surface area (TPSA) is 76.7 Å². The van der Waals surface area contributed by atoms with E-state index >= 15 is 0 Å². The molecule has 31 heavy (non-hydrogen) atoms. The molecule has 174 valence electrons. The summed E-state index contributed by atoms with van der Waals surface area (Å²) >= 11 is 0. The summed E-state index contributed by atoms with van der Waals surface area (Å²) in [5.74, 6) is 1.57. The van der Waals surface area contributed by atoms with Gasteiger partial charge in [0.15, 0.2) is 0 Å².